The summed E-state index contributed by atoms with van der Waals surface area (Å²) < 4.78 is 0.749. The highest BCUT2D eigenvalue weighted by Gasteiger charge is 2.18. The van der Waals surface area contributed by atoms with E-state index in [1.807, 2.05) is 12.3 Å². The first kappa shape index (κ1) is 12.3. The van der Waals surface area contributed by atoms with E-state index in [4.69, 9.17) is 11.6 Å². The Balaban J connectivity index is 2.40. The van der Waals surface area contributed by atoms with E-state index in [2.05, 4.69) is 4.98 Å². The second-order valence-electron chi connectivity index (χ2n) is 3.20. The van der Waals surface area contributed by atoms with Crippen LogP contribution in [0.25, 0.3) is 0 Å². The molecule has 0 aliphatic heterocycles. The molecular weight excluding hydrogens is 280 g/mol. The van der Waals surface area contributed by atoms with Crippen LogP contribution in [0.2, 0.25) is 5.02 Å². The van der Waals surface area contributed by atoms with Gasteiger partial charge in [-0.1, -0.05) is 29.4 Å². The standard InChI is InChI=1S/C10H7ClN2O2S2/c1-6-5-16-10(12-6)17-9-7(11)3-2-4-8(9)13(14)15/h2-5H,1H3. The first-order valence-corrected chi connectivity index (χ1v) is 6.68. The molecule has 2 rings (SSSR count). The maximum absolute atomic E-state index is 10.9. The van der Waals surface area contributed by atoms with Gasteiger partial charge in [-0.2, -0.15) is 0 Å². The van der Waals surface area contributed by atoms with Crippen LogP contribution in [0.4, 0.5) is 5.69 Å². The Morgan fingerprint density at radius 1 is 1.53 bits per heavy atom. The van der Waals surface area contributed by atoms with E-state index in [0.29, 0.717) is 9.92 Å². The van der Waals surface area contributed by atoms with Crippen molar-refractivity contribution < 1.29 is 4.92 Å². The van der Waals surface area contributed by atoms with Crippen molar-refractivity contribution in [1.29, 1.82) is 0 Å². The van der Waals surface area contributed by atoms with Crippen molar-refractivity contribution in [3.63, 3.8) is 0 Å². The van der Waals surface area contributed by atoms with E-state index in [-0.39, 0.29) is 5.69 Å². The molecule has 0 aliphatic carbocycles. The van der Waals surface area contributed by atoms with Gasteiger partial charge < -0.3 is 0 Å². The Hall–Kier alpha value is -1.11. The number of nitro benzene ring substituents is 1. The molecule has 0 N–H and O–H groups in total. The van der Waals surface area contributed by atoms with Gasteiger partial charge in [-0.15, -0.1) is 11.3 Å². The number of aromatic nitrogens is 1. The van der Waals surface area contributed by atoms with Crippen molar-refractivity contribution in [2.24, 2.45) is 0 Å². The second kappa shape index (κ2) is 5.03. The Morgan fingerprint density at radius 2 is 2.29 bits per heavy atom. The molecule has 88 valence electrons. The Morgan fingerprint density at radius 3 is 2.88 bits per heavy atom. The number of nitro groups is 1. The molecule has 0 atom stereocenters. The van der Waals surface area contributed by atoms with Gasteiger partial charge in [-0.25, -0.2) is 4.98 Å². The number of nitrogens with zero attached hydrogens (tertiary/aromatic N) is 2. The molecule has 0 radical (unpaired) electrons. The van der Waals surface area contributed by atoms with Gasteiger partial charge in [0.15, 0.2) is 4.34 Å². The zero-order valence-electron chi connectivity index (χ0n) is 8.71. The third-order valence-electron chi connectivity index (χ3n) is 1.93. The number of halogens is 1. The summed E-state index contributed by atoms with van der Waals surface area (Å²) in [5.41, 5.74) is 0.905. The molecule has 0 bridgehead atoms. The third-order valence-corrected chi connectivity index (χ3v) is 4.55. The molecule has 2 aromatic rings. The number of benzene rings is 1. The van der Waals surface area contributed by atoms with Crippen molar-refractivity contribution in [1.82, 2.24) is 4.98 Å². The lowest BCUT2D eigenvalue weighted by Gasteiger charge is -2.02. The average Bonchev–Trinajstić information content (AvgIpc) is 2.67. The Bertz CT molecular complexity index is 571. The number of hydrogen-bond acceptors (Lipinski definition) is 5. The molecule has 0 fully saturated rings. The molecule has 0 unspecified atom stereocenters. The Kier molecular flexibility index (Phi) is 3.66. The highest BCUT2D eigenvalue weighted by atomic mass is 35.5. The zero-order valence-corrected chi connectivity index (χ0v) is 11.1. The van der Waals surface area contributed by atoms with Crippen LogP contribution in [0.15, 0.2) is 32.8 Å². The minimum Gasteiger partial charge on any atom is -0.258 e. The zero-order chi connectivity index (χ0) is 12.4. The minimum absolute atomic E-state index is 0.00959. The molecule has 4 nitrogen and oxygen atoms in total. The fourth-order valence-electron chi connectivity index (χ4n) is 1.21. The summed E-state index contributed by atoms with van der Waals surface area (Å²) >= 11 is 8.65. The van der Waals surface area contributed by atoms with Gasteiger partial charge >= 0.3 is 0 Å². The normalized spacial score (nSPS) is 10.5. The molecule has 0 aliphatic rings. The molecule has 17 heavy (non-hydrogen) atoms. The molecule has 1 aromatic heterocycles. The highest BCUT2D eigenvalue weighted by Crippen LogP contribution is 2.40. The lowest BCUT2D eigenvalue weighted by atomic mass is 10.3. The largest absolute Gasteiger partial charge is 0.284 e. The van der Waals surface area contributed by atoms with Gasteiger partial charge in [-0.05, 0) is 13.0 Å². The van der Waals surface area contributed by atoms with Crippen LogP contribution in [0.5, 0.6) is 0 Å². The summed E-state index contributed by atoms with van der Waals surface area (Å²) in [6.45, 7) is 1.88. The van der Waals surface area contributed by atoms with E-state index in [1.54, 1.807) is 12.1 Å². The molecule has 0 saturated carbocycles. The maximum Gasteiger partial charge on any atom is 0.284 e. The van der Waals surface area contributed by atoms with Gasteiger partial charge in [0.05, 0.1) is 9.95 Å². The molecule has 0 saturated heterocycles. The van der Waals surface area contributed by atoms with Gasteiger partial charge in [0, 0.05) is 17.1 Å². The molecule has 1 aromatic carbocycles. The number of aryl methyl sites for hydroxylation is 1. The average molecular weight is 287 g/mol. The van der Waals surface area contributed by atoms with Crippen LogP contribution < -0.4 is 0 Å². The summed E-state index contributed by atoms with van der Waals surface area (Å²) in [4.78, 5) is 15.1. The molecular formula is C10H7ClN2O2S2. The minimum atomic E-state index is -0.436. The summed E-state index contributed by atoms with van der Waals surface area (Å²) in [6.07, 6.45) is 0. The lowest BCUT2D eigenvalue weighted by molar-refractivity contribution is -0.387. The fourth-order valence-corrected chi connectivity index (χ4v) is 3.38. The summed E-state index contributed by atoms with van der Waals surface area (Å²) in [7, 11) is 0. The van der Waals surface area contributed by atoms with E-state index in [9.17, 15) is 10.1 Å². The SMILES string of the molecule is Cc1csc(Sc2c(Cl)cccc2[N+](=O)[O-])n1. The summed E-state index contributed by atoms with van der Waals surface area (Å²) in [5, 5.41) is 13.2. The number of rotatable bonds is 3. The quantitative estimate of drug-likeness (QED) is 0.628. The van der Waals surface area contributed by atoms with E-state index in [1.165, 1.54) is 29.2 Å². The second-order valence-corrected chi connectivity index (χ2v) is 5.72. The highest BCUT2D eigenvalue weighted by molar-refractivity contribution is 8.01. The van der Waals surface area contributed by atoms with Crippen molar-refractivity contribution in [3.8, 4) is 0 Å². The van der Waals surface area contributed by atoms with Crippen LogP contribution in [0.1, 0.15) is 5.69 Å². The maximum atomic E-state index is 10.9. The van der Waals surface area contributed by atoms with E-state index < -0.39 is 4.92 Å². The van der Waals surface area contributed by atoms with Gasteiger partial charge in [0.25, 0.3) is 5.69 Å². The molecule has 1 heterocycles. The molecule has 7 heteroatoms. The topological polar surface area (TPSA) is 56.0 Å². The first-order chi connectivity index (χ1) is 8.08. The van der Waals surface area contributed by atoms with Crippen LogP contribution in [-0.4, -0.2) is 9.91 Å². The van der Waals surface area contributed by atoms with Gasteiger partial charge in [0.2, 0.25) is 0 Å². The Labute approximate surface area is 111 Å². The lowest BCUT2D eigenvalue weighted by Crippen LogP contribution is -1.91. The third kappa shape index (κ3) is 2.77. The molecule has 0 spiro atoms. The first-order valence-electron chi connectivity index (χ1n) is 4.61. The van der Waals surface area contributed by atoms with Crippen LogP contribution in [-0.2, 0) is 0 Å². The van der Waals surface area contributed by atoms with Crippen molar-refractivity contribution in [2.75, 3.05) is 0 Å². The van der Waals surface area contributed by atoms with E-state index >= 15 is 0 Å². The predicted octanol–water partition coefficient (Wildman–Crippen LogP) is 4.16. The van der Waals surface area contributed by atoms with Crippen molar-refractivity contribution in [2.45, 2.75) is 16.2 Å². The van der Waals surface area contributed by atoms with Crippen LogP contribution in [0, 0.1) is 17.0 Å². The number of hydrogen-bond donors (Lipinski definition) is 0. The molecule has 0 amide bonds. The predicted molar refractivity (Wildman–Crippen MR) is 69.1 cm³/mol. The van der Waals surface area contributed by atoms with Crippen LogP contribution in [0.3, 0.4) is 0 Å². The van der Waals surface area contributed by atoms with Crippen LogP contribution >= 0.6 is 34.7 Å². The monoisotopic (exact) mass is 286 g/mol. The summed E-state index contributed by atoms with van der Waals surface area (Å²) in [5.74, 6) is 0. The number of thiazole rings is 1. The fraction of sp³-hybridized carbons (Fsp3) is 0.100. The van der Waals surface area contributed by atoms with Gasteiger partial charge in [-0.3, -0.25) is 10.1 Å². The van der Waals surface area contributed by atoms with Crippen molar-refractivity contribution in [3.05, 3.63) is 44.4 Å². The smallest absolute Gasteiger partial charge is 0.258 e. The summed E-state index contributed by atoms with van der Waals surface area (Å²) in [6, 6.07) is 4.64. The van der Waals surface area contributed by atoms with Crippen molar-refractivity contribution >= 4 is 40.4 Å². The van der Waals surface area contributed by atoms with E-state index in [0.717, 1.165) is 10.0 Å². The van der Waals surface area contributed by atoms with Gasteiger partial charge in [0.1, 0.15) is 4.90 Å².